The largest absolute Gasteiger partial charge is 0.481 e. The summed E-state index contributed by atoms with van der Waals surface area (Å²) >= 11 is 0. The highest BCUT2D eigenvalue weighted by molar-refractivity contribution is 5.83. The molecule has 0 radical (unpaired) electrons. The third kappa shape index (κ3) is 7.03. The molecule has 0 heterocycles. The second-order valence-electron chi connectivity index (χ2n) is 6.00. The summed E-state index contributed by atoms with van der Waals surface area (Å²) in [4.78, 5) is 22.4. The number of hydrogen-bond acceptors (Lipinski definition) is 3. The molecule has 2 N–H and O–H groups in total. The van der Waals surface area contributed by atoms with E-state index in [4.69, 9.17) is 5.11 Å². The van der Waals surface area contributed by atoms with Gasteiger partial charge in [-0.05, 0) is 38.0 Å². The zero-order valence-electron chi connectivity index (χ0n) is 13.4. The Morgan fingerprint density at radius 3 is 2.77 bits per heavy atom. The minimum Gasteiger partial charge on any atom is -0.481 e. The van der Waals surface area contributed by atoms with Gasteiger partial charge in [0.25, 0.3) is 0 Å². The van der Waals surface area contributed by atoms with Crippen molar-refractivity contribution in [3.8, 4) is 0 Å². The van der Waals surface area contributed by atoms with Crippen LogP contribution in [0.2, 0.25) is 0 Å². The second-order valence-corrected chi connectivity index (χ2v) is 6.00. The zero-order valence-corrected chi connectivity index (χ0v) is 13.4. The number of carbonyl (C=O) groups is 2. The van der Waals surface area contributed by atoms with Gasteiger partial charge in [-0.25, -0.2) is 0 Å². The van der Waals surface area contributed by atoms with Crippen LogP contribution in [0, 0.1) is 11.8 Å². The van der Waals surface area contributed by atoms with Crippen LogP contribution in [0.3, 0.4) is 0 Å². The number of aliphatic hydroxyl groups excluding tert-OH is 1. The van der Waals surface area contributed by atoms with Crippen molar-refractivity contribution in [1.29, 1.82) is 0 Å². The molecule has 22 heavy (non-hydrogen) atoms. The van der Waals surface area contributed by atoms with Crippen LogP contribution in [-0.2, 0) is 9.59 Å². The first-order valence-corrected chi connectivity index (χ1v) is 8.30. The molecule has 4 heteroatoms. The topological polar surface area (TPSA) is 74.6 Å². The van der Waals surface area contributed by atoms with Crippen LogP contribution < -0.4 is 0 Å². The fourth-order valence-electron chi connectivity index (χ4n) is 2.92. The lowest BCUT2D eigenvalue weighted by molar-refractivity contribution is -0.136. The van der Waals surface area contributed by atoms with Gasteiger partial charge in [-0.15, -0.1) is 0 Å². The maximum Gasteiger partial charge on any atom is 0.303 e. The maximum absolute atomic E-state index is 12.0. The molecule has 0 bridgehead atoms. The summed E-state index contributed by atoms with van der Waals surface area (Å²) in [7, 11) is 0. The summed E-state index contributed by atoms with van der Waals surface area (Å²) in [6.07, 6.45) is 12.8. The van der Waals surface area contributed by atoms with Crippen LogP contribution in [0.1, 0.15) is 58.3 Å². The summed E-state index contributed by atoms with van der Waals surface area (Å²) in [5.74, 6) is -0.175. The van der Waals surface area contributed by atoms with Crippen LogP contribution >= 0.6 is 0 Å². The van der Waals surface area contributed by atoms with E-state index in [1.165, 1.54) is 0 Å². The molecule has 1 aliphatic rings. The van der Waals surface area contributed by atoms with Crippen molar-refractivity contribution in [2.45, 2.75) is 64.4 Å². The van der Waals surface area contributed by atoms with E-state index in [0.717, 1.165) is 32.1 Å². The fraction of sp³-hybridized carbons (Fsp3) is 0.667. The quantitative estimate of drug-likeness (QED) is 0.606. The first-order valence-electron chi connectivity index (χ1n) is 8.30. The minimum atomic E-state index is -0.786. The molecule has 1 saturated carbocycles. The summed E-state index contributed by atoms with van der Waals surface area (Å²) < 4.78 is 0. The van der Waals surface area contributed by atoms with Crippen LogP contribution in [0.25, 0.3) is 0 Å². The van der Waals surface area contributed by atoms with Crippen LogP contribution in [0.4, 0.5) is 0 Å². The van der Waals surface area contributed by atoms with Crippen molar-refractivity contribution < 1.29 is 19.8 Å². The van der Waals surface area contributed by atoms with Gasteiger partial charge in [0.2, 0.25) is 0 Å². The number of carboxylic acids is 1. The lowest BCUT2D eigenvalue weighted by Crippen LogP contribution is -2.13. The lowest BCUT2D eigenvalue weighted by Gasteiger charge is -2.14. The van der Waals surface area contributed by atoms with Gasteiger partial charge in [0, 0.05) is 18.8 Å². The SMILES string of the molecule is CCCC(O)/C=C/[C@H]1CCC(=O)[C@H]1CCC=CCCC(=O)O. The molecule has 0 aromatic carbocycles. The average Bonchev–Trinajstić information content (AvgIpc) is 2.81. The molecular weight excluding hydrogens is 280 g/mol. The molecule has 1 fully saturated rings. The van der Waals surface area contributed by atoms with Crippen molar-refractivity contribution in [3.05, 3.63) is 24.3 Å². The van der Waals surface area contributed by atoms with Gasteiger partial charge in [0.1, 0.15) is 5.78 Å². The molecular formula is C18H28O4. The third-order valence-corrected chi connectivity index (χ3v) is 4.16. The van der Waals surface area contributed by atoms with Crippen LogP contribution in [0.15, 0.2) is 24.3 Å². The number of aliphatic hydroxyl groups is 1. The van der Waals surface area contributed by atoms with E-state index < -0.39 is 12.1 Å². The van der Waals surface area contributed by atoms with Crippen molar-refractivity contribution in [1.82, 2.24) is 0 Å². The van der Waals surface area contributed by atoms with Crippen molar-refractivity contribution in [2.24, 2.45) is 11.8 Å². The Kier molecular flexibility index (Phi) is 8.75. The summed E-state index contributed by atoms with van der Waals surface area (Å²) in [6.45, 7) is 2.04. The molecule has 0 aromatic heterocycles. The van der Waals surface area contributed by atoms with Crippen molar-refractivity contribution >= 4 is 11.8 Å². The normalized spacial score (nSPS) is 23.6. The van der Waals surface area contributed by atoms with Crippen molar-refractivity contribution in [3.63, 3.8) is 0 Å². The maximum atomic E-state index is 12.0. The van der Waals surface area contributed by atoms with E-state index in [0.29, 0.717) is 18.6 Å². The zero-order chi connectivity index (χ0) is 16.4. The molecule has 124 valence electrons. The Morgan fingerprint density at radius 1 is 1.36 bits per heavy atom. The lowest BCUT2D eigenvalue weighted by atomic mass is 9.90. The van der Waals surface area contributed by atoms with Gasteiger partial charge in [-0.2, -0.15) is 0 Å². The minimum absolute atomic E-state index is 0.0502. The van der Waals surface area contributed by atoms with Gasteiger partial charge >= 0.3 is 5.97 Å². The Hall–Kier alpha value is -1.42. The van der Waals surface area contributed by atoms with Crippen molar-refractivity contribution in [2.75, 3.05) is 0 Å². The number of rotatable bonds is 10. The molecule has 0 aromatic rings. The predicted molar refractivity (Wildman–Crippen MR) is 86.5 cm³/mol. The smallest absolute Gasteiger partial charge is 0.303 e. The molecule has 3 atom stereocenters. The summed E-state index contributed by atoms with van der Waals surface area (Å²) in [5.41, 5.74) is 0. The standard InChI is InChI=1S/C18H28O4/c1-2-7-15(19)12-10-14-11-13-17(20)16(14)8-5-3-4-6-9-18(21)22/h3-4,10,12,14-16,19H,2,5-9,11,13H2,1H3,(H,21,22)/b4-3?,12-10+/t14-,15?,16-/m0/s1. The molecule has 1 unspecified atom stereocenters. The number of aliphatic carboxylic acids is 1. The Bertz CT molecular complexity index is 411. The molecule has 1 aliphatic carbocycles. The van der Waals surface area contributed by atoms with Gasteiger partial charge < -0.3 is 10.2 Å². The Balaban J connectivity index is 2.38. The molecule has 0 amide bonds. The summed E-state index contributed by atoms with van der Waals surface area (Å²) in [5, 5.41) is 18.3. The second kappa shape index (κ2) is 10.3. The average molecular weight is 308 g/mol. The highest BCUT2D eigenvalue weighted by atomic mass is 16.4. The Morgan fingerprint density at radius 2 is 2.09 bits per heavy atom. The first kappa shape index (κ1) is 18.6. The fourth-order valence-corrected chi connectivity index (χ4v) is 2.92. The highest BCUT2D eigenvalue weighted by Gasteiger charge is 2.32. The molecule has 4 nitrogen and oxygen atoms in total. The van der Waals surface area contributed by atoms with E-state index in [9.17, 15) is 14.7 Å². The molecule has 0 saturated heterocycles. The first-order chi connectivity index (χ1) is 10.5. The van der Waals surface area contributed by atoms with E-state index in [1.807, 2.05) is 31.2 Å². The van der Waals surface area contributed by atoms with Crippen LogP contribution in [-0.4, -0.2) is 28.1 Å². The monoisotopic (exact) mass is 308 g/mol. The van der Waals surface area contributed by atoms with E-state index in [2.05, 4.69) is 0 Å². The highest BCUT2D eigenvalue weighted by Crippen LogP contribution is 2.33. The number of carbonyl (C=O) groups excluding carboxylic acids is 1. The third-order valence-electron chi connectivity index (χ3n) is 4.16. The van der Waals surface area contributed by atoms with E-state index in [1.54, 1.807) is 0 Å². The number of ketones is 1. The molecule has 1 rings (SSSR count). The van der Waals surface area contributed by atoms with Gasteiger partial charge in [0.05, 0.1) is 6.10 Å². The van der Waals surface area contributed by atoms with E-state index >= 15 is 0 Å². The molecule has 0 spiro atoms. The van der Waals surface area contributed by atoms with Gasteiger partial charge in [-0.1, -0.05) is 37.6 Å². The summed E-state index contributed by atoms with van der Waals surface area (Å²) in [6, 6.07) is 0. The number of hydrogen-bond donors (Lipinski definition) is 2. The number of carboxylic acid groups (broad SMARTS) is 1. The number of Topliss-reactive ketones (excluding diaryl/α,β-unsaturated/α-hetero) is 1. The van der Waals surface area contributed by atoms with Gasteiger partial charge in [0.15, 0.2) is 0 Å². The molecule has 0 aliphatic heterocycles. The van der Waals surface area contributed by atoms with Crippen LogP contribution in [0.5, 0.6) is 0 Å². The van der Waals surface area contributed by atoms with Gasteiger partial charge in [-0.3, -0.25) is 9.59 Å². The predicted octanol–water partition coefficient (Wildman–Crippen LogP) is 3.50. The number of allylic oxidation sites excluding steroid dienone is 3. The van der Waals surface area contributed by atoms with E-state index in [-0.39, 0.29) is 18.3 Å². The Labute approximate surface area is 132 Å².